The standard InChI is InChI=1S/C13H14N4OS/c14-10(11(18)13-17-5-6-19-13)7-8-1-3-9(4-2-8)12(15)16/h1-6,10H,7,14H2,(H3,15,16). The summed E-state index contributed by atoms with van der Waals surface area (Å²) in [5, 5.41) is 9.49. The van der Waals surface area contributed by atoms with Gasteiger partial charge in [0.25, 0.3) is 0 Å². The van der Waals surface area contributed by atoms with E-state index in [-0.39, 0.29) is 11.6 Å². The molecular weight excluding hydrogens is 260 g/mol. The number of rotatable bonds is 5. The van der Waals surface area contributed by atoms with Crippen LogP contribution in [0.25, 0.3) is 0 Å². The predicted molar refractivity (Wildman–Crippen MR) is 75.6 cm³/mol. The van der Waals surface area contributed by atoms with E-state index in [2.05, 4.69) is 4.98 Å². The summed E-state index contributed by atoms with van der Waals surface area (Å²) >= 11 is 1.29. The van der Waals surface area contributed by atoms with E-state index in [1.807, 2.05) is 12.1 Å². The molecule has 0 bridgehead atoms. The first kappa shape index (κ1) is 13.4. The Morgan fingerprint density at radius 1 is 1.37 bits per heavy atom. The minimum atomic E-state index is -0.602. The molecule has 1 atom stereocenters. The van der Waals surface area contributed by atoms with Crippen LogP contribution in [0.2, 0.25) is 0 Å². The van der Waals surface area contributed by atoms with Crippen molar-refractivity contribution in [2.24, 2.45) is 11.5 Å². The molecule has 0 aliphatic heterocycles. The van der Waals surface area contributed by atoms with Crippen molar-refractivity contribution < 1.29 is 4.79 Å². The molecule has 5 nitrogen and oxygen atoms in total. The number of hydrogen-bond acceptors (Lipinski definition) is 5. The lowest BCUT2D eigenvalue weighted by Gasteiger charge is -2.09. The highest BCUT2D eigenvalue weighted by Gasteiger charge is 2.18. The average Bonchev–Trinajstić information content (AvgIpc) is 2.92. The van der Waals surface area contributed by atoms with Crippen LogP contribution >= 0.6 is 11.3 Å². The highest BCUT2D eigenvalue weighted by atomic mass is 32.1. The molecule has 0 spiro atoms. The molecule has 0 aliphatic carbocycles. The maximum atomic E-state index is 12.0. The first-order valence-corrected chi connectivity index (χ1v) is 6.58. The van der Waals surface area contributed by atoms with Gasteiger partial charge in [0.05, 0.1) is 6.04 Å². The van der Waals surface area contributed by atoms with E-state index >= 15 is 0 Å². The number of nitrogens with two attached hydrogens (primary N) is 2. The molecule has 6 heteroatoms. The summed E-state index contributed by atoms with van der Waals surface area (Å²) in [5.41, 5.74) is 12.9. The molecule has 2 aromatic rings. The number of benzene rings is 1. The first-order valence-electron chi connectivity index (χ1n) is 5.70. The normalized spacial score (nSPS) is 12.1. The molecule has 0 fully saturated rings. The van der Waals surface area contributed by atoms with Gasteiger partial charge >= 0.3 is 0 Å². The third kappa shape index (κ3) is 3.24. The summed E-state index contributed by atoms with van der Waals surface area (Å²) in [6.07, 6.45) is 2.03. The van der Waals surface area contributed by atoms with E-state index in [0.29, 0.717) is 17.0 Å². The Morgan fingerprint density at radius 2 is 2.05 bits per heavy atom. The fourth-order valence-electron chi connectivity index (χ4n) is 1.67. The number of nitrogens with one attached hydrogen (secondary N) is 1. The molecule has 0 saturated carbocycles. The van der Waals surface area contributed by atoms with Crippen molar-refractivity contribution >= 4 is 23.0 Å². The van der Waals surface area contributed by atoms with E-state index in [0.717, 1.165) is 5.56 Å². The van der Waals surface area contributed by atoms with E-state index in [9.17, 15) is 4.79 Å². The van der Waals surface area contributed by atoms with Crippen molar-refractivity contribution in [3.63, 3.8) is 0 Å². The van der Waals surface area contributed by atoms with Crippen LogP contribution < -0.4 is 11.5 Å². The Labute approximate surface area is 114 Å². The summed E-state index contributed by atoms with van der Waals surface area (Å²) in [7, 11) is 0. The van der Waals surface area contributed by atoms with Gasteiger partial charge in [-0.15, -0.1) is 11.3 Å². The van der Waals surface area contributed by atoms with Crippen LogP contribution in [-0.2, 0) is 6.42 Å². The van der Waals surface area contributed by atoms with Crippen LogP contribution in [-0.4, -0.2) is 22.6 Å². The molecule has 0 radical (unpaired) electrons. The van der Waals surface area contributed by atoms with Gasteiger partial charge in [-0.1, -0.05) is 24.3 Å². The quantitative estimate of drug-likeness (QED) is 0.432. The first-order chi connectivity index (χ1) is 9.08. The number of aromatic nitrogens is 1. The third-order valence-electron chi connectivity index (χ3n) is 2.70. The Balaban J connectivity index is 2.04. The zero-order chi connectivity index (χ0) is 13.8. The topological polar surface area (TPSA) is 106 Å². The number of carbonyl (C=O) groups excluding carboxylic acids is 1. The Hall–Kier alpha value is -2.05. The van der Waals surface area contributed by atoms with Crippen molar-refractivity contribution in [2.75, 3.05) is 0 Å². The highest BCUT2D eigenvalue weighted by molar-refractivity contribution is 7.11. The van der Waals surface area contributed by atoms with Gasteiger partial charge in [0.1, 0.15) is 5.84 Å². The van der Waals surface area contributed by atoms with E-state index in [1.54, 1.807) is 23.7 Å². The van der Waals surface area contributed by atoms with Crippen molar-refractivity contribution in [1.29, 1.82) is 5.41 Å². The van der Waals surface area contributed by atoms with Crippen LogP contribution in [0.3, 0.4) is 0 Å². The predicted octanol–water partition coefficient (Wildman–Crippen LogP) is 1.18. The van der Waals surface area contributed by atoms with Crippen LogP contribution in [0.1, 0.15) is 20.9 Å². The highest BCUT2D eigenvalue weighted by Crippen LogP contribution is 2.11. The molecule has 98 valence electrons. The second-order valence-electron chi connectivity index (χ2n) is 4.12. The van der Waals surface area contributed by atoms with Crippen LogP contribution in [0.5, 0.6) is 0 Å². The average molecular weight is 274 g/mol. The number of carbonyl (C=O) groups is 1. The van der Waals surface area contributed by atoms with Gasteiger partial charge in [-0.2, -0.15) is 0 Å². The number of hydrogen-bond donors (Lipinski definition) is 3. The maximum Gasteiger partial charge on any atom is 0.208 e. The van der Waals surface area contributed by atoms with Gasteiger partial charge in [0.15, 0.2) is 5.01 Å². The summed E-state index contributed by atoms with van der Waals surface area (Å²) in [4.78, 5) is 15.9. The van der Waals surface area contributed by atoms with Crippen LogP contribution in [0.4, 0.5) is 0 Å². The lowest BCUT2D eigenvalue weighted by Crippen LogP contribution is -2.32. The summed E-state index contributed by atoms with van der Waals surface area (Å²) < 4.78 is 0. The lowest BCUT2D eigenvalue weighted by molar-refractivity contribution is 0.0960. The molecule has 5 N–H and O–H groups in total. The zero-order valence-corrected chi connectivity index (χ0v) is 11.0. The van der Waals surface area contributed by atoms with Gasteiger partial charge in [0.2, 0.25) is 5.78 Å². The molecule has 2 rings (SSSR count). The fraction of sp³-hybridized carbons (Fsp3) is 0.154. The van der Waals surface area contributed by atoms with Crippen molar-refractivity contribution in [1.82, 2.24) is 4.98 Å². The zero-order valence-electron chi connectivity index (χ0n) is 10.2. The molecule has 19 heavy (non-hydrogen) atoms. The molecule has 1 heterocycles. The molecular formula is C13H14N4OS. The lowest BCUT2D eigenvalue weighted by atomic mass is 10.0. The van der Waals surface area contributed by atoms with E-state index < -0.39 is 6.04 Å². The Morgan fingerprint density at radius 3 is 2.58 bits per heavy atom. The van der Waals surface area contributed by atoms with Crippen molar-refractivity contribution in [3.05, 3.63) is 52.0 Å². The van der Waals surface area contributed by atoms with Gasteiger partial charge in [-0.05, 0) is 12.0 Å². The second-order valence-corrected chi connectivity index (χ2v) is 5.02. The second kappa shape index (κ2) is 5.73. The molecule has 0 amide bonds. The van der Waals surface area contributed by atoms with Crippen LogP contribution in [0, 0.1) is 5.41 Å². The maximum absolute atomic E-state index is 12.0. The smallest absolute Gasteiger partial charge is 0.208 e. The molecule has 0 saturated heterocycles. The summed E-state index contributed by atoms with van der Waals surface area (Å²) in [5.74, 6) is -0.125. The third-order valence-corrected chi connectivity index (χ3v) is 3.49. The minimum absolute atomic E-state index is 0.0229. The SMILES string of the molecule is N=C(N)c1ccc(CC(N)C(=O)c2nccs2)cc1. The van der Waals surface area contributed by atoms with E-state index in [1.165, 1.54) is 11.3 Å². The van der Waals surface area contributed by atoms with Gasteiger partial charge < -0.3 is 11.5 Å². The summed E-state index contributed by atoms with van der Waals surface area (Å²) in [6.45, 7) is 0. The number of Topliss-reactive ketones (excluding diaryl/α,β-unsaturated/α-hetero) is 1. The van der Waals surface area contributed by atoms with Crippen molar-refractivity contribution in [3.8, 4) is 0 Å². The van der Waals surface area contributed by atoms with Crippen LogP contribution in [0.15, 0.2) is 35.8 Å². The molecule has 1 unspecified atom stereocenters. The number of amidine groups is 1. The number of nitrogens with zero attached hydrogens (tertiary/aromatic N) is 1. The molecule has 1 aromatic heterocycles. The van der Waals surface area contributed by atoms with E-state index in [4.69, 9.17) is 16.9 Å². The molecule has 0 aliphatic rings. The fourth-order valence-corrected chi connectivity index (χ4v) is 2.31. The Bertz CT molecular complexity index is 577. The van der Waals surface area contributed by atoms with Gasteiger partial charge in [-0.25, -0.2) is 4.98 Å². The van der Waals surface area contributed by atoms with Gasteiger partial charge in [0, 0.05) is 17.1 Å². The Kier molecular flexibility index (Phi) is 4.03. The monoisotopic (exact) mass is 274 g/mol. The van der Waals surface area contributed by atoms with Gasteiger partial charge in [-0.3, -0.25) is 10.2 Å². The number of thiazole rings is 1. The largest absolute Gasteiger partial charge is 0.384 e. The summed E-state index contributed by atoms with van der Waals surface area (Å²) in [6, 6.07) is 6.54. The van der Waals surface area contributed by atoms with Crippen molar-refractivity contribution in [2.45, 2.75) is 12.5 Å². The minimum Gasteiger partial charge on any atom is -0.384 e. The number of nitrogen functional groups attached to an aromatic ring is 1. The molecule has 1 aromatic carbocycles. The number of ketones is 1.